The largest absolute Gasteiger partial charge is 0.490 e. The molecule has 0 radical (unpaired) electrons. The molecule has 8 heteroatoms. The number of aromatic amines is 1. The summed E-state index contributed by atoms with van der Waals surface area (Å²) in [7, 11) is 0. The number of aryl methyl sites for hydroxylation is 1. The van der Waals surface area contributed by atoms with Crippen LogP contribution in [0.3, 0.4) is 0 Å². The molecule has 3 aromatic carbocycles. The Morgan fingerprint density at radius 3 is 2.50 bits per heavy atom. The van der Waals surface area contributed by atoms with Crippen LogP contribution >= 0.6 is 34.8 Å². The minimum absolute atomic E-state index is 0.284. The van der Waals surface area contributed by atoms with Crippen LogP contribution in [0.25, 0.3) is 11.0 Å². The van der Waals surface area contributed by atoms with E-state index in [1.165, 1.54) is 0 Å². The molecule has 0 unspecified atom stereocenters. The smallest absolute Gasteiger partial charge is 0.163 e. The van der Waals surface area contributed by atoms with Gasteiger partial charge in [0.2, 0.25) is 0 Å². The molecule has 1 aromatic heterocycles. The van der Waals surface area contributed by atoms with E-state index in [1.54, 1.807) is 18.2 Å². The van der Waals surface area contributed by atoms with E-state index in [4.69, 9.17) is 44.3 Å². The van der Waals surface area contributed by atoms with Gasteiger partial charge in [-0.2, -0.15) is 0 Å². The van der Waals surface area contributed by atoms with Gasteiger partial charge < -0.3 is 19.8 Å². The van der Waals surface area contributed by atoms with Gasteiger partial charge in [0.25, 0.3) is 0 Å². The molecule has 34 heavy (non-hydrogen) atoms. The van der Waals surface area contributed by atoms with Crippen LogP contribution in [0, 0.1) is 0 Å². The van der Waals surface area contributed by atoms with Gasteiger partial charge >= 0.3 is 0 Å². The summed E-state index contributed by atoms with van der Waals surface area (Å²) in [5.74, 6) is 2.23. The van der Waals surface area contributed by atoms with Gasteiger partial charge in [0.1, 0.15) is 12.4 Å². The summed E-state index contributed by atoms with van der Waals surface area (Å²) in [5.41, 5.74) is 3.85. The summed E-state index contributed by atoms with van der Waals surface area (Å²) in [5, 5.41) is 5.21. The van der Waals surface area contributed by atoms with E-state index in [0.717, 1.165) is 47.4 Å². The highest BCUT2D eigenvalue weighted by Gasteiger charge is 2.13. The number of H-pyrrole nitrogens is 1. The summed E-state index contributed by atoms with van der Waals surface area (Å²) in [6.07, 6.45) is 1.83. The van der Waals surface area contributed by atoms with Crippen molar-refractivity contribution in [1.82, 2.24) is 15.3 Å². The Kier molecular flexibility index (Phi) is 8.57. The molecule has 2 N–H and O–H groups in total. The van der Waals surface area contributed by atoms with E-state index in [-0.39, 0.29) is 6.61 Å². The zero-order chi connectivity index (χ0) is 23.9. The van der Waals surface area contributed by atoms with Crippen molar-refractivity contribution in [2.45, 2.75) is 32.9 Å². The van der Waals surface area contributed by atoms with Gasteiger partial charge in [0, 0.05) is 39.7 Å². The Balaban J connectivity index is 1.32. The average molecular weight is 519 g/mol. The number of imidazole rings is 1. The van der Waals surface area contributed by atoms with E-state index >= 15 is 0 Å². The number of hydrogen-bond acceptors (Lipinski definition) is 4. The quantitative estimate of drug-likeness (QED) is 0.206. The fourth-order valence-electron chi connectivity index (χ4n) is 3.62. The molecule has 0 amide bonds. The molecule has 0 saturated carbocycles. The van der Waals surface area contributed by atoms with Crippen LogP contribution in [0.1, 0.15) is 30.3 Å². The Bertz CT molecular complexity index is 1230. The maximum Gasteiger partial charge on any atom is 0.163 e. The van der Waals surface area contributed by atoms with Crippen molar-refractivity contribution in [3.8, 4) is 11.5 Å². The molecule has 0 aliphatic heterocycles. The second-order valence-electron chi connectivity index (χ2n) is 7.83. The molecule has 0 saturated heterocycles. The third kappa shape index (κ3) is 6.36. The molecule has 4 rings (SSSR count). The van der Waals surface area contributed by atoms with Crippen LogP contribution in [0.2, 0.25) is 15.1 Å². The Labute approximate surface area is 214 Å². The predicted octanol–water partition coefficient (Wildman–Crippen LogP) is 7.22. The van der Waals surface area contributed by atoms with Crippen LogP contribution in [0.5, 0.6) is 11.5 Å². The van der Waals surface area contributed by atoms with E-state index in [1.807, 2.05) is 43.3 Å². The molecule has 0 bridgehead atoms. The zero-order valence-electron chi connectivity index (χ0n) is 18.8. The Hall–Kier alpha value is -2.44. The van der Waals surface area contributed by atoms with Gasteiger partial charge in [0.05, 0.1) is 17.6 Å². The SMILES string of the molecule is CCOc1cc(CNCCCc2nc3ccccc3[nH]2)c(Cl)cc1OCc1ccc(Cl)cc1Cl. The lowest BCUT2D eigenvalue weighted by molar-refractivity contribution is 0.269. The summed E-state index contributed by atoms with van der Waals surface area (Å²) in [6.45, 7) is 4.20. The number of aromatic nitrogens is 2. The number of nitrogens with zero attached hydrogens (tertiary/aromatic N) is 1. The van der Waals surface area contributed by atoms with Crippen LogP contribution in [0.4, 0.5) is 0 Å². The summed E-state index contributed by atoms with van der Waals surface area (Å²) in [4.78, 5) is 7.99. The van der Waals surface area contributed by atoms with E-state index in [9.17, 15) is 0 Å². The van der Waals surface area contributed by atoms with Crippen molar-refractivity contribution < 1.29 is 9.47 Å². The van der Waals surface area contributed by atoms with Gasteiger partial charge in [-0.1, -0.05) is 53.0 Å². The number of benzene rings is 3. The maximum atomic E-state index is 6.56. The summed E-state index contributed by atoms with van der Waals surface area (Å²) in [6, 6.07) is 17.1. The molecule has 0 aliphatic rings. The normalized spacial score (nSPS) is 11.2. The van der Waals surface area contributed by atoms with Crippen molar-refractivity contribution >= 4 is 45.8 Å². The molecule has 0 atom stereocenters. The fraction of sp³-hybridized carbons (Fsp3) is 0.269. The van der Waals surface area contributed by atoms with Crippen LogP contribution in [0.15, 0.2) is 54.6 Å². The molecular weight excluding hydrogens is 493 g/mol. The Morgan fingerprint density at radius 2 is 1.71 bits per heavy atom. The van der Waals surface area contributed by atoms with Crippen molar-refractivity contribution in [3.63, 3.8) is 0 Å². The second-order valence-corrected chi connectivity index (χ2v) is 9.08. The molecule has 0 spiro atoms. The van der Waals surface area contributed by atoms with Crippen molar-refractivity contribution in [1.29, 1.82) is 0 Å². The highest BCUT2D eigenvalue weighted by atomic mass is 35.5. The first-order chi connectivity index (χ1) is 16.5. The number of fused-ring (bicyclic) bond motifs is 1. The van der Waals surface area contributed by atoms with E-state index in [0.29, 0.717) is 39.7 Å². The van der Waals surface area contributed by atoms with Gasteiger partial charge in [-0.3, -0.25) is 0 Å². The van der Waals surface area contributed by atoms with Crippen LogP contribution in [-0.4, -0.2) is 23.1 Å². The topological polar surface area (TPSA) is 59.2 Å². The predicted molar refractivity (Wildman–Crippen MR) is 140 cm³/mol. The highest BCUT2D eigenvalue weighted by molar-refractivity contribution is 6.35. The molecule has 5 nitrogen and oxygen atoms in total. The lowest BCUT2D eigenvalue weighted by Gasteiger charge is -2.16. The number of nitrogens with one attached hydrogen (secondary N) is 2. The van der Waals surface area contributed by atoms with Crippen LogP contribution in [-0.2, 0) is 19.6 Å². The monoisotopic (exact) mass is 517 g/mol. The van der Waals surface area contributed by atoms with E-state index in [2.05, 4.69) is 15.3 Å². The van der Waals surface area contributed by atoms with Gasteiger partial charge in [0.15, 0.2) is 11.5 Å². The fourth-order valence-corrected chi connectivity index (χ4v) is 4.30. The third-order valence-electron chi connectivity index (χ3n) is 5.33. The number of halogens is 3. The molecule has 0 aliphatic carbocycles. The summed E-state index contributed by atoms with van der Waals surface area (Å²) < 4.78 is 11.8. The number of hydrogen-bond donors (Lipinski definition) is 2. The van der Waals surface area contributed by atoms with Crippen molar-refractivity contribution in [2.75, 3.05) is 13.2 Å². The molecular formula is C26H26Cl3N3O2. The van der Waals surface area contributed by atoms with Gasteiger partial charge in [-0.25, -0.2) is 4.98 Å². The molecule has 4 aromatic rings. The second kappa shape index (κ2) is 11.8. The highest BCUT2D eigenvalue weighted by Crippen LogP contribution is 2.35. The number of ether oxygens (including phenoxy) is 2. The first kappa shape index (κ1) is 24.7. The average Bonchev–Trinajstić information content (AvgIpc) is 3.23. The molecule has 1 heterocycles. The molecule has 0 fully saturated rings. The van der Waals surface area contributed by atoms with Gasteiger partial charge in [-0.05, 0) is 55.8 Å². The number of para-hydroxylation sites is 2. The van der Waals surface area contributed by atoms with Crippen LogP contribution < -0.4 is 14.8 Å². The lowest BCUT2D eigenvalue weighted by atomic mass is 10.2. The number of rotatable bonds is 11. The van der Waals surface area contributed by atoms with Crippen molar-refractivity contribution in [2.24, 2.45) is 0 Å². The lowest BCUT2D eigenvalue weighted by Crippen LogP contribution is -2.16. The standard InChI is InChI=1S/C26H26Cl3N3O2/c1-2-33-24-12-18(15-30-11-5-8-26-31-22-6-3-4-7-23(22)32-26)21(29)14-25(24)34-16-17-9-10-19(27)13-20(17)28/h3-4,6-7,9-10,12-14,30H,2,5,8,11,15-16H2,1H3,(H,31,32). The molecule has 178 valence electrons. The zero-order valence-corrected chi connectivity index (χ0v) is 21.1. The maximum absolute atomic E-state index is 6.56. The first-order valence-electron chi connectivity index (χ1n) is 11.2. The Morgan fingerprint density at radius 1 is 0.912 bits per heavy atom. The van der Waals surface area contributed by atoms with E-state index < -0.39 is 0 Å². The summed E-state index contributed by atoms with van der Waals surface area (Å²) >= 11 is 18.8. The minimum Gasteiger partial charge on any atom is -0.490 e. The van der Waals surface area contributed by atoms with Crippen molar-refractivity contribution in [3.05, 3.63) is 86.6 Å². The third-order valence-corrected chi connectivity index (χ3v) is 6.27. The first-order valence-corrected chi connectivity index (χ1v) is 12.3. The minimum atomic E-state index is 0.284. The van der Waals surface area contributed by atoms with Gasteiger partial charge in [-0.15, -0.1) is 0 Å².